The Kier molecular flexibility index (Phi) is 2.23. The van der Waals surface area contributed by atoms with Crippen LogP contribution in [0, 0.1) is 20.8 Å². The van der Waals surface area contributed by atoms with Crippen LogP contribution in [-0.4, -0.2) is 11.7 Å². The van der Waals surface area contributed by atoms with Crippen molar-refractivity contribution in [1.82, 2.24) is 0 Å². The van der Waals surface area contributed by atoms with Crippen LogP contribution in [0.15, 0.2) is 6.07 Å². The maximum Gasteiger partial charge on any atom is 0.128 e. The van der Waals surface area contributed by atoms with Crippen LogP contribution in [0.2, 0.25) is 0 Å². The van der Waals surface area contributed by atoms with Crippen molar-refractivity contribution in [1.29, 1.82) is 0 Å². The van der Waals surface area contributed by atoms with Gasteiger partial charge in [0.2, 0.25) is 0 Å². The predicted molar refractivity (Wildman–Crippen MR) is 55.7 cm³/mol. The Balaban J connectivity index is 2.66. The fraction of sp³-hybridized carbons (Fsp3) is 0.500. The van der Waals surface area contributed by atoms with Crippen LogP contribution in [0.25, 0.3) is 0 Å². The van der Waals surface area contributed by atoms with E-state index in [0.717, 1.165) is 22.4 Å². The molecular weight excluding hydrogens is 176 g/mol. The lowest BCUT2D eigenvalue weighted by molar-refractivity contribution is 0.114. The minimum atomic E-state index is -0.349. The predicted octanol–water partition coefficient (Wildman–Crippen LogP) is 2.43. The largest absolute Gasteiger partial charge is 0.493 e. The summed E-state index contributed by atoms with van der Waals surface area (Å²) >= 11 is 0. The molecule has 0 aromatic heterocycles. The summed E-state index contributed by atoms with van der Waals surface area (Å²) in [7, 11) is 0. The number of benzene rings is 1. The molecule has 0 radical (unpaired) electrons. The number of fused-ring (bicyclic) bond motifs is 1. The number of hydrogen-bond acceptors (Lipinski definition) is 2. The van der Waals surface area contributed by atoms with Crippen LogP contribution in [0.1, 0.15) is 34.8 Å². The van der Waals surface area contributed by atoms with Crippen molar-refractivity contribution in [3.05, 3.63) is 28.3 Å². The summed E-state index contributed by atoms with van der Waals surface area (Å²) < 4.78 is 5.63. The average molecular weight is 192 g/mol. The minimum absolute atomic E-state index is 0.349. The Morgan fingerprint density at radius 1 is 1.29 bits per heavy atom. The first kappa shape index (κ1) is 9.53. The molecule has 2 nitrogen and oxygen atoms in total. The normalized spacial score (nSPS) is 20.1. The molecule has 1 aliphatic rings. The summed E-state index contributed by atoms with van der Waals surface area (Å²) in [6.07, 6.45) is 0.356. The number of ether oxygens (including phenoxy) is 1. The first-order valence-electron chi connectivity index (χ1n) is 5.03. The fourth-order valence-corrected chi connectivity index (χ4v) is 2.09. The van der Waals surface area contributed by atoms with E-state index in [1.165, 1.54) is 5.56 Å². The number of hydrogen-bond donors (Lipinski definition) is 1. The van der Waals surface area contributed by atoms with E-state index >= 15 is 0 Å². The number of aliphatic hydroxyl groups excluding tert-OH is 1. The van der Waals surface area contributed by atoms with Crippen molar-refractivity contribution >= 4 is 0 Å². The van der Waals surface area contributed by atoms with E-state index in [-0.39, 0.29) is 6.10 Å². The van der Waals surface area contributed by atoms with Gasteiger partial charge in [0, 0.05) is 12.0 Å². The molecular formula is C12H16O2. The number of aliphatic hydroxyl groups is 1. The Bertz CT molecular complexity index is 369. The van der Waals surface area contributed by atoms with Gasteiger partial charge in [0.1, 0.15) is 5.75 Å². The number of aryl methyl sites for hydroxylation is 2. The third-order valence-corrected chi connectivity index (χ3v) is 3.01. The Morgan fingerprint density at radius 3 is 2.71 bits per heavy atom. The zero-order valence-electron chi connectivity index (χ0n) is 8.92. The second-order valence-corrected chi connectivity index (χ2v) is 4.03. The third kappa shape index (κ3) is 1.30. The summed E-state index contributed by atoms with van der Waals surface area (Å²) in [4.78, 5) is 0. The molecule has 1 N–H and O–H groups in total. The molecule has 0 saturated carbocycles. The summed E-state index contributed by atoms with van der Waals surface area (Å²) in [5.41, 5.74) is 4.51. The highest BCUT2D eigenvalue weighted by atomic mass is 16.5. The molecule has 0 saturated heterocycles. The molecule has 1 aromatic carbocycles. The van der Waals surface area contributed by atoms with Gasteiger partial charge in [-0.15, -0.1) is 0 Å². The molecule has 1 atom stereocenters. The molecule has 1 aromatic rings. The molecule has 1 heterocycles. The SMILES string of the molecule is Cc1cc(C)c2c(c1C)OCC[C@@H]2O. The summed E-state index contributed by atoms with van der Waals surface area (Å²) in [6, 6.07) is 2.12. The van der Waals surface area contributed by atoms with Gasteiger partial charge in [0.05, 0.1) is 12.7 Å². The quantitative estimate of drug-likeness (QED) is 0.684. The molecule has 1 aliphatic heterocycles. The van der Waals surface area contributed by atoms with Crippen LogP contribution in [-0.2, 0) is 0 Å². The highest BCUT2D eigenvalue weighted by Crippen LogP contribution is 2.38. The average Bonchev–Trinajstić information content (AvgIpc) is 2.14. The van der Waals surface area contributed by atoms with Crippen LogP contribution in [0.3, 0.4) is 0 Å². The summed E-state index contributed by atoms with van der Waals surface area (Å²) in [5.74, 6) is 0.904. The van der Waals surface area contributed by atoms with Crippen molar-refractivity contribution in [2.75, 3.05) is 6.61 Å². The van der Waals surface area contributed by atoms with Crippen molar-refractivity contribution in [3.8, 4) is 5.75 Å². The van der Waals surface area contributed by atoms with Gasteiger partial charge in [0.25, 0.3) is 0 Å². The smallest absolute Gasteiger partial charge is 0.128 e. The van der Waals surface area contributed by atoms with Gasteiger partial charge in [0.15, 0.2) is 0 Å². The Morgan fingerprint density at radius 2 is 2.00 bits per heavy atom. The first-order valence-corrected chi connectivity index (χ1v) is 5.03. The molecule has 2 rings (SSSR count). The van der Waals surface area contributed by atoms with Crippen molar-refractivity contribution in [2.45, 2.75) is 33.3 Å². The number of rotatable bonds is 0. The topological polar surface area (TPSA) is 29.5 Å². The molecule has 0 spiro atoms. The van der Waals surface area contributed by atoms with Gasteiger partial charge in [-0.25, -0.2) is 0 Å². The molecule has 0 fully saturated rings. The van der Waals surface area contributed by atoms with Crippen LogP contribution >= 0.6 is 0 Å². The van der Waals surface area contributed by atoms with Crippen molar-refractivity contribution < 1.29 is 9.84 Å². The second-order valence-electron chi connectivity index (χ2n) is 4.03. The minimum Gasteiger partial charge on any atom is -0.493 e. The summed E-state index contributed by atoms with van der Waals surface area (Å²) in [5, 5.41) is 9.88. The molecule has 0 aliphatic carbocycles. The zero-order chi connectivity index (χ0) is 10.3. The van der Waals surface area contributed by atoms with Crippen LogP contribution in [0.5, 0.6) is 5.75 Å². The van der Waals surface area contributed by atoms with Crippen molar-refractivity contribution in [2.24, 2.45) is 0 Å². The van der Waals surface area contributed by atoms with Crippen LogP contribution < -0.4 is 4.74 Å². The Hall–Kier alpha value is -1.02. The van der Waals surface area contributed by atoms with E-state index in [4.69, 9.17) is 4.74 Å². The lowest BCUT2D eigenvalue weighted by Crippen LogP contribution is -2.16. The van der Waals surface area contributed by atoms with Gasteiger partial charge >= 0.3 is 0 Å². The standard InChI is InChI=1S/C12H16O2/c1-7-6-8(2)11-10(13)4-5-14-12(11)9(7)3/h6,10,13H,4-5H2,1-3H3/t10-/m0/s1. The summed E-state index contributed by atoms with van der Waals surface area (Å²) in [6.45, 7) is 6.78. The van der Waals surface area contributed by atoms with Gasteiger partial charge < -0.3 is 9.84 Å². The van der Waals surface area contributed by atoms with E-state index in [1.807, 2.05) is 13.8 Å². The van der Waals surface area contributed by atoms with Gasteiger partial charge in [-0.1, -0.05) is 6.07 Å². The monoisotopic (exact) mass is 192 g/mol. The van der Waals surface area contributed by atoms with Gasteiger partial charge in [-0.05, 0) is 37.5 Å². The maximum atomic E-state index is 9.88. The molecule has 2 heteroatoms. The molecule has 14 heavy (non-hydrogen) atoms. The lowest BCUT2D eigenvalue weighted by Gasteiger charge is -2.26. The van der Waals surface area contributed by atoms with Crippen LogP contribution in [0.4, 0.5) is 0 Å². The van der Waals surface area contributed by atoms with Gasteiger partial charge in [-0.2, -0.15) is 0 Å². The highest BCUT2D eigenvalue weighted by Gasteiger charge is 2.23. The maximum absolute atomic E-state index is 9.88. The fourth-order valence-electron chi connectivity index (χ4n) is 2.09. The van der Waals surface area contributed by atoms with E-state index in [9.17, 15) is 5.11 Å². The molecule has 0 unspecified atom stereocenters. The molecule has 0 amide bonds. The first-order chi connectivity index (χ1) is 6.61. The second kappa shape index (κ2) is 3.28. The third-order valence-electron chi connectivity index (χ3n) is 3.01. The van der Waals surface area contributed by atoms with E-state index in [1.54, 1.807) is 0 Å². The molecule has 0 bridgehead atoms. The zero-order valence-corrected chi connectivity index (χ0v) is 8.92. The molecule has 76 valence electrons. The van der Waals surface area contributed by atoms with Crippen molar-refractivity contribution in [3.63, 3.8) is 0 Å². The lowest BCUT2D eigenvalue weighted by atomic mass is 9.93. The van der Waals surface area contributed by atoms with Gasteiger partial charge in [-0.3, -0.25) is 0 Å². The van der Waals surface area contributed by atoms with E-state index in [2.05, 4.69) is 13.0 Å². The van der Waals surface area contributed by atoms with E-state index in [0.29, 0.717) is 13.0 Å². The highest BCUT2D eigenvalue weighted by molar-refractivity contribution is 5.51. The van der Waals surface area contributed by atoms with E-state index < -0.39 is 0 Å². The Labute approximate surface area is 84.5 Å².